The summed E-state index contributed by atoms with van der Waals surface area (Å²) in [4.78, 5) is 12.7. The van der Waals surface area contributed by atoms with Crippen LogP contribution >= 0.6 is 0 Å². The van der Waals surface area contributed by atoms with Crippen molar-refractivity contribution in [2.24, 2.45) is 0 Å². The molecule has 6 heteroatoms. The molecule has 0 unspecified atom stereocenters. The van der Waals surface area contributed by atoms with E-state index in [0.717, 1.165) is 36.0 Å². The van der Waals surface area contributed by atoms with Gasteiger partial charge in [0.25, 0.3) is 5.91 Å². The van der Waals surface area contributed by atoms with Crippen molar-refractivity contribution in [1.29, 1.82) is 0 Å². The molecule has 0 radical (unpaired) electrons. The van der Waals surface area contributed by atoms with E-state index in [1.54, 1.807) is 28.6 Å². The van der Waals surface area contributed by atoms with Gasteiger partial charge in [0.2, 0.25) is 10.0 Å². The van der Waals surface area contributed by atoms with Gasteiger partial charge in [0, 0.05) is 25.2 Å². The molecule has 0 spiro atoms. The first-order chi connectivity index (χ1) is 15.0. The molecule has 1 amide bonds. The number of hydrogen-bond donors (Lipinski definition) is 1. The zero-order valence-electron chi connectivity index (χ0n) is 17.3. The molecule has 0 aliphatic carbocycles. The maximum Gasteiger partial charge on any atom is 0.251 e. The van der Waals surface area contributed by atoms with Crippen molar-refractivity contribution in [3.05, 3.63) is 90.0 Å². The topological polar surface area (TPSA) is 66.5 Å². The Hall–Kier alpha value is -2.96. The molecule has 3 aromatic rings. The van der Waals surface area contributed by atoms with E-state index in [1.807, 2.05) is 54.6 Å². The third-order valence-electron chi connectivity index (χ3n) is 5.58. The van der Waals surface area contributed by atoms with Crippen LogP contribution < -0.4 is 5.32 Å². The maximum atomic E-state index is 12.8. The molecule has 5 nitrogen and oxygen atoms in total. The Kier molecular flexibility index (Phi) is 6.49. The predicted octanol–water partition coefficient (Wildman–Crippen LogP) is 4.46. The lowest BCUT2D eigenvalue weighted by atomic mass is 10.0. The number of carbonyl (C=O) groups excluding carboxylic acids is 1. The summed E-state index contributed by atoms with van der Waals surface area (Å²) in [5, 5.41) is 2.92. The Bertz CT molecular complexity index is 1120. The number of carbonyl (C=O) groups is 1. The minimum atomic E-state index is -3.43. The van der Waals surface area contributed by atoms with Gasteiger partial charge in [-0.05, 0) is 53.8 Å². The molecular weight excluding hydrogens is 408 g/mol. The van der Waals surface area contributed by atoms with Gasteiger partial charge in [-0.3, -0.25) is 4.79 Å². The molecule has 0 bridgehead atoms. The van der Waals surface area contributed by atoms with Crippen LogP contribution in [0.15, 0.2) is 83.8 Å². The number of nitrogens with zero attached hydrogens (tertiary/aromatic N) is 1. The summed E-state index contributed by atoms with van der Waals surface area (Å²) in [6.45, 7) is 1.67. The normalized spacial score (nSPS) is 14.8. The highest BCUT2D eigenvalue weighted by Gasteiger charge is 2.25. The number of benzene rings is 3. The molecule has 1 fully saturated rings. The zero-order chi connectivity index (χ0) is 21.7. The Morgan fingerprint density at radius 1 is 0.774 bits per heavy atom. The minimum Gasteiger partial charge on any atom is -0.348 e. The summed E-state index contributed by atoms with van der Waals surface area (Å²) in [6, 6.07) is 24.1. The second kappa shape index (κ2) is 9.45. The summed E-state index contributed by atoms with van der Waals surface area (Å²) in [5.41, 5.74) is 3.48. The summed E-state index contributed by atoms with van der Waals surface area (Å²) in [6.07, 6.45) is 2.93. The molecule has 0 saturated carbocycles. The average Bonchev–Trinajstić information content (AvgIpc) is 2.84. The molecule has 160 valence electrons. The first-order valence-electron chi connectivity index (χ1n) is 10.6. The quantitative estimate of drug-likeness (QED) is 0.623. The van der Waals surface area contributed by atoms with Gasteiger partial charge in [-0.2, -0.15) is 4.31 Å². The first-order valence-corrected chi connectivity index (χ1v) is 12.0. The smallest absolute Gasteiger partial charge is 0.251 e. The third kappa shape index (κ3) is 5.03. The number of nitrogens with one attached hydrogen (secondary N) is 1. The second-order valence-corrected chi connectivity index (χ2v) is 9.67. The summed E-state index contributed by atoms with van der Waals surface area (Å²) < 4.78 is 27.2. The molecule has 31 heavy (non-hydrogen) atoms. The Morgan fingerprint density at radius 2 is 1.35 bits per heavy atom. The van der Waals surface area contributed by atoms with E-state index in [1.165, 1.54) is 0 Å². The van der Waals surface area contributed by atoms with E-state index in [4.69, 9.17) is 0 Å². The highest BCUT2D eigenvalue weighted by atomic mass is 32.2. The Labute approximate surface area is 183 Å². The second-order valence-electron chi connectivity index (χ2n) is 7.73. The average molecular weight is 435 g/mol. The van der Waals surface area contributed by atoms with E-state index in [2.05, 4.69) is 5.32 Å². The van der Waals surface area contributed by atoms with Crippen LogP contribution in [0.25, 0.3) is 11.1 Å². The van der Waals surface area contributed by atoms with E-state index in [9.17, 15) is 13.2 Å². The van der Waals surface area contributed by atoms with E-state index in [0.29, 0.717) is 30.1 Å². The molecule has 0 aromatic heterocycles. The molecule has 1 saturated heterocycles. The minimum absolute atomic E-state index is 0.127. The highest BCUT2D eigenvalue weighted by Crippen LogP contribution is 2.25. The highest BCUT2D eigenvalue weighted by molar-refractivity contribution is 7.89. The molecule has 0 atom stereocenters. The Balaban J connectivity index is 1.42. The summed E-state index contributed by atoms with van der Waals surface area (Å²) in [5.74, 6) is -0.127. The van der Waals surface area contributed by atoms with Gasteiger partial charge in [-0.25, -0.2) is 8.42 Å². The summed E-state index contributed by atoms with van der Waals surface area (Å²) in [7, 11) is -3.43. The Morgan fingerprint density at radius 3 is 1.97 bits per heavy atom. The fourth-order valence-corrected chi connectivity index (χ4v) is 5.29. The fraction of sp³-hybridized carbons (Fsp3) is 0.240. The monoisotopic (exact) mass is 434 g/mol. The van der Waals surface area contributed by atoms with Crippen molar-refractivity contribution in [2.75, 3.05) is 13.1 Å². The molecule has 1 N–H and O–H groups in total. The van der Waals surface area contributed by atoms with E-state index < -0.39 is 10.0 Å². The standard InChI is InChI=1S/C25H26N2O3S/c28-25(26-19-20-7-3-1-4-8-20)23-11-9-21(10-12-23)22-13-15-24(16-14-22)31(29,30)27-17-5-2-6-18-27/h1,3-4,7-16H,2,5-6,17-19H2,(H,26,28). The molecular formula is C25H26N2O3S. The first kappa shape index (κ1) is 21.3. The van der Waals surface area contributed by atoms with Crippen molar-refractivity contribution >= 4 is 15.9 Å². The van der Waals surface area contributed by atoms with Crippen molar-refractivity contribution in [3.8, 4) is 11.1 Å². The van der Waals surface area contributed by atoms with Gasteiger partial charge in [-0.15, -0.1) is 0 Å². The van der Waals surface area contributed by atoms with Gasteiger partial charge >= 0.3 is 0 Å². The molecule has 1 aliphatic heterocycles. The van der Waals surface area contributed by atoms with Crippen molar-refractivity contribution < 1.29 is 13.2 Å². The van der Waals surface area contributed by atoms with Crippen LogP contribution in [0.1, 0.15) is 35.2 Å². The SMILES string of the molecule is O=C(NCc1ccccc1)c1ccc(-c2ccc(S(=O)(=O)N3CCCCC3)cc2)cc1. The van der Waals surface area contributed by atoms with E-state index >= 15 is 0 Å². The fourth-order valence-electron chi connectivity index (χ4n) is 3.77. The number of piperidine rings is 1. The van der Waals surface area contributed by atoms with Crippen LogP contribution in [0.5, 0.6) is 0 Å². The van der Waals surface area contributed by atoms with Gasteiger partial charge in [0.15, 0.2) is 0 Å². The van der Waals surface area contributed by atoms with Crippen LogP contribution in [0.3, 0.4) is 0 Å². The zero-order valence-corrected chi connectivity index (χ0v) is 18.1. The third-order valence-corrected chi connectivity index (χ3v) is 7.50. The number of amides is 1. The lowest BCUT2D eigenvalue weighted by Crippen LogP contribution is -2.35. The van der Waals surface area contributed by atoms with Crippen molar-refractivity contribution in [3.63, 3.8) is 0 Å². The molecule has 1 aliphatic rings. The van der Waals surface area contributed by atoms with Crippen LogP contribution in [0, 0.1) is 0 Å². The number of hydrogen-bond acceptors (Lipinski definition) is 3. The lowest BCUT2D eigenvalue weighted by molar-refractivity contribution is 0.0951. The molecule has 3 aromatic carbocycles. The molecule has 1 heterocycles. The van der Waals surface area contributed by atoms with Gasteiger partial charge in [-0.1, -0.05) is 61.0 Å². The van der Waals surface area contributed by atoms with E-state index in [-0.39, 0.29) is 5.91 Å². The van der Waals surface area contributed by atoms with Crippen LogP contribution in [0.4, 0.5) is 0 Å². The number of rotatable bonds is 6. The van der Waals surface area contributed by atoms with Crippen molar-refractivity contribution in [1.82, 2.24) is 9.62 Å². The van der Waals surface area contributed by atoms with Crippen LogP contribution in [0.2, 0.25) is 0 Å². The maximum absolute atomic E-state index is 12.8. The predicted molar refractivity (Wildman–Crippen MR) is 122 cm³/mol. The number of sulfonamides is 1. The van der Waals surface area contributed by atoms with Crippen LogP contribution in [-0.2, 0) is 16.6 Å². The van der Waals surface area contributed by atoms with Gasteiger partial charge < -0.3 is 5.32 Å². The van der Waals surface area contributed by atoms with Gasteiger partial charge in [0.05, 0.1) is 4.90 Å². The lowest BCUT2D eigenvalue weighted by Gasteiger charge is -2.25. The van der Waals surface area contributed by atoms with Gasteiger partial charge in [0.1, 0.15) is 0 Å². The largest absolute Gasteiger partial charge is 0.348 e. The van der Waals surface area contributed by atoms with Crippen LogP contribution in [-0.4, -0.2) is 31.7 Å². The van der Waals surface area contributed by atoms with Crippen molar-refractivity contribution in [2.45, 2.75) is 30.7 Å². The summed E-state index contributed by atoms with van der Waals surface area (Å²) >= 11 is 0. The molecule has 4 rings (SSSR count).